The largest absolute Gasteiger partial charge is 0.345 e. The van der Waals surface area contributed by atoms with Crippen LogP contribution in [-0.4, -0.2) is 26.6 Å². The second-order valence-corrected chi connectivity index (χ2v) is 8.53. The van der Waals surface area contributed by atoms with E-state index in [2.05, 4.69) is 5.32 Å². The highest BCUT2D eigenvalue weighted by Crippen LogP contribution is 2.25. The molecule has 2 atom stereocenters. The summed E-state index contributed by atoms with van der Waals surface area (Å²) in [7, 11) is -3.35. The maximum Gasteiger partial charge on any atom is 0.222 e. The van der Waals surface area contributed by atoms with Gasteiger partial charge in [0.15, 0.2) is 9.84 Å². The van der Waals surface area contributed by atoms with Gasteiger partial charge >= 0.3 is 0 Å². The fourth-order valence-corrected chi connectivity index (χ4v) is 3.25. The molecule has 0 saturated heterocycles. The van der Waals surface area contributed by atoms with E-state index >= 15 is 0 Å². The third-order valence-corrected chi connectivity index (χ3v) is 5.00. The first kappa shape index (κ1) is 19.4. The number of halogens is 1. The monoisotopic (exact) mass is 380 g/mol. The van der Waals surface area contributed by atoms with Crippen LogP contribution < -0.4 is 11.1 Å². The lowest BCUT2D eigenvalue weighted by Gasteiger charge is -2.21. The Bertz CT molecular complexity index is 849. The predicted octanol–water partition coefficient (Wildman–Crippen LogP) is 2.69. The van der Waals surface area contributed by atoms with Crippen molar-refractivity contribution in [2.45, 2.75) is 30.3 Å². The number of amides is 1. The van der Waals surface area contributed by atoms with E-state index in [0.29, 0.717) is 10.6 Å². The molecule has 0 radical (unpaired) electrons. The van der Waals surface area contributed by atoms with Gasteiger partial charge in [-0.05, 0) is 42.3 Å². The maximum atomic E-state index is 12.2. The fraction of sp³-hybridized carbons (Fsp3) is 0.278. The van der Waals surface area contributed by atoms with E-state index < -0.39 is 15.9 Å². The number of carbonyl (C=O) groups excluding carboxylic acids is 1. The molecule has 2 rings (SSSR count). The molecule has 2 aromatic carbocycles. The van der Waals surface area contributed by atoms with E-state index in [1.54, 1.807) is 49.4 Å². The summed E-state index contributed by atoms with van der Waals surface area (Å²) in [6.07, 6.45) is 1.33. The Balaban J connectivity index is 2.44. The smallest absolute Gasteiger partial charge is 0.222 e. The Kier molecular flexibility index (Phi) is 6.21. The highest BCUT2D eigenvalue weighted by Gasteiger charge is 2.19. The highest BCUT2D eigenvalue weighted by molar-refractivity contribution is 7.90. The van der Waals surface area contributed by atoms with Gasteiger partial charge in [0.1, 0.15) is 0 Å². The SMILES string of the molecule is CC(N)CC(=O)NC(c1ccc(Cl)cc1)c1cccc(S(C)(=O)=O)c1. The number of nitrogens with one attached hydrogen (secondary N) is 1. The standard InChI is InChI=1S/C18H21ClN2O3S/c1-12(20)10-17(22)21-18(13-6-8-15(19)9-7-13)14-4-3-5-16(11-14)25(2,23)24/h3-9,11-12,18H,10,20H2,1-2H3,(H,21,22). The summed E-state index contributed by atoms with van der Waals surface area (Å²) < 4.78 is 23.7. The van der Waals surface area contributed by atoms with Crippen molar-refractivity contribution in [3.05, 3.63) is 64.7 Å². The molecule has 0 spiro atoms. The van der Waals surface area contributed by atoms with Crippen molar-refractivity contribution in [1.29, 1.82) is 0 Å². The number of rotatable bonds is 6. The molecule has 0 aliphatic carbocycles. The zero-order chi connectivity index (χ0) is 18.6. The molecule has 0 aliphatic rings. The third-order valence-electron chi connectivity index (χ3n) is 3.64. The summed E-state index contributed by atoms with van der Waals surface area (Å²) in [6.45, 7) is 1.75. The van der Waals surface area contributed by atoms with Crippen LogP contribution >= 0.6 is 11.6 Å². The molecule has 0 bridgehead atoms. The van der Waals surface area contributed by atoms with Gasteiger partial charge in [-0.15, -0.1) is 0 Å². The van der Waals surface area contributed by atoms with Gasteiger partial charge in [-0.25, -0.2) is 8.42 Å². The van der Waals surface area contributed by atoms with Gasteiger partial charge in [-0.1, -0.05) is 35.9 Å². The van der Waals surface area contributed by atoms with E-state index in [1.807, 2.05) is 0 Å². The van der Waals surface area contributed by atoms with Crippen molar-refractivity contribution in [2.75, 3.05) is 6.26 Å². The Morgan fingerprint density at radius 1 is 1.16 bits per heavy atom. The minimum absolute atomic E-state index is 0.176. The molecule has 7 heteroatoms. The summed E-state index contributed by atoms with van der Waals surface area (Å²) in [5.41, 5.74) is 7.16. The van der Waals surface area contributed by atoms with Gasteiger partial charge in [-0.2, -0.15) is 0 Å². The van der Waals surface area contributed by atoms with Crippen LogP contribution in [0.25, 0.3) is 0 Å². The molecule has 2 aromatic rings. The molecule has 1 amide bonds. The molecule has 0 aliphatic heterocycles. The lowest BCUT2D eigenvalue weighted by molar-refractivity contribution is -0.121. The predicted molar refractivity (Wildman–Crippen MR) is 99.3 cm³/mol. The van der Waals surface area contributed by atoms with Crippen LogP contribution in [0.5, 0.6) is 0 Å². The minimum atomic E-state index is -3.35. The number of benzene rings is 2. The first-order chi connectivity index (χ1) is 11.7. The van der Waals surface area contributed by atoms with Crippen molar-refractivity contribution in [3.63, 3.8) is 0 Å². The quantitative estimate of drug-likeness (QED) is 0.806. The number of hydrogen-bond donors (Lipinski definition) is 2. The van der Waals surface area contributed by atoms with Gasteiger partial charge in [0.05, 0.1) is 10.9 Å². The Morgan fingerprint density at radius 3 is 2.36 bits per heavy atom. The average Bonchev–Trinajstić information content (AvgIpc) is 2.52. The topological polar surface area (TPSA) is 89.3 Å². The Hall–Kier alpha value is -1.89. The molecule has 0 heterocycles. The number of nitrogens with two attached hydrogens (primary N) is 1. The molecule has 5 nitrogen and oxygen atoms in total. The molecule has 0 aromatic heterocycles. The average molecular weight is 381 g/mol. The van der Waals surface area contributed by atoms with Gasteiger partial charge in [0.2, 0.25) is 5.91 Å². The van der Waals surface area contributed by atoms with Crippen molar-refractivity contribution in [2.24, 2.45) is 5.73 Å². The zero-order valence-corrected chi connectivity index (χ0v) is 15.6. The Labute approximate surface area is 153 Å². The first-order valence-electron chi connectivity index (χ1n) is 7.77. The van der Waals surface area contributed by atoms with Crippen molar-refractivity contribution in [3.8, 4) is 0 Å². The second-order valence-electron chi connectivity index (χ2n) is 6.08. The van der Waals surface area contributed by atoms with Crippen LogP contribution in [0.2, 0.25) is 5.02 Å². The van der Waals surface area contributed by atoms with Crippen LogP contribution in [0.1, 0.15) is 30.5 Å². The van der Waals surface area contributed by atoms with E-state index in [0.717, 1.165) is 11.8 Å². The molecule has 134 valence electrons. The van der Waals surface area contributed by atoms with Crippen LogP contribution in [0.3, 0.4) is 0 Å². The molecule has 0 saturated carbocycles. The van der Waals surface area contributed by atoms with E-state index in [4.69, 9.17) is 17.3 Å². The number of sulfone groups is 1. The summed E-state index contributed by atoms with van der Waals surface area (Å²) in [5.74, 6) is -0.209. The lowest BCUT2D eigenvalue weighted by atomic mass is 9.98. The molecule has 3 N–H and O–H groups in total. The van der Waals surface area contributed by atoms with Gasteiger partial charge in [-0.3, -0.25) is 4.79 Å². The van der Waals surface area contributed by atoms with E-state index in [9.17, 15) is 13.2 Å². The van der Waals surface area contributed by atoms with Gasteiger partial charge in [0, 0.05) is 23.7 Å². The molecular weight excluding hydrogens is 360 g/mol. The summed E-state index contributed by atoms with van der Waals surface area (Å²) >= 11 is 5.94. The number of carbonyl (C=O) groups is 1. The van der Waals surface area contributed by atoms with Crippen LogP contribution in [0.4, 0.5) is 0 Å². The van der Waals surface area contributed by atoms with Crippen LogP contribution in [-0.2, 0) is 14.6 Å². The molecular formula is C18H21ClN2O3S. The summed E-state index contributed by atoms with van der Waals surface area (Å²) in [6, 6.07) is 12.8. The van der Waals surface area contributed by atoms with E-state index in [-0.39, 0.29) is 23.3 Å². The highest BCUT2D eigenvalue weighted by atomic mass is 35.5. The lowest BCUT2D eigenvalue weighted by Crippen LogP contribution is -2.33. The molecule has 2 unspecified atom stereocenters. The third kappa shape index (κ3) is 5.56. The summed E-state index contributed by atoms with van der Waals surface area (Å²) in [5, 5.41) is 3.50. The normalized spacial score (nSPS) is 13.9. The Morgan fingerprint density at radius 2 is 1.80 bits per heavy atom. The molecule has 0 fully saturated rings. The van der Waals surface area contributed by atoms with Crippen LogP contribution in [0, 0.1) is 0 Å². The minimum Gasteiger partial charge on any atom is -0.345 e. The fourth-order valence-electron chi connectivity index (χ4n) is 2.45. The molecule has 25 heavy (non-hydrogen) atoms. The van der Waals surface area contributed by atoms with E-state index in [1.165, 1.54) is 6.07 Å². The van der Waals surface area contributed by atoms with Gasteiger partial charge in [0.25, 0.3) is 0 Å². The number of hydrogen-bond acceptors (Lipinski definition) is 4. The van der Waals surface area contributed by atoms with Crippen molar-refractivity contribution >= 4 is 27.3 Å². The van der Waals surface area contributed by atoms with Crippen molar-refractivity contribution < 1.29 is 13.2 Å². The zero-order valence-electron chi connectivity index (χ0n) is 14.1. The van der Waals surface area contributed by atoms with Crippen molar-refractivity contribution in [1.82, 2.24) is 5.32 Å². The summed E-state index contributed by atoms with van der Waals surface area (Å²) in [4.78, 5) is 12.4. The second kappa shape index (κ2) is 7.99. The van der Waals surface area contributed by atoms with Gasteiger partial charge < -0.3 is 11.1 Å². The van der Waals surface area contributed by atoms with Crippen LogP contribution in [0.15, 0.2) is 53.4 Å². The maximum absolute atomic E-state index is 12.2. The first-order valence-corrected chi connectivity index (χ1v) is 10.0.